The molecular weight excluding hydrogens is 278 g/mol. The van der Waals surface area contributed by atoms with Gasteiger partial charge < -0.3 is 10.1 Å². The molecule has 0 saturated heterocycles. The molecule has 6 heteroatoms. The SMILES string of the molecule is Cc1cccc(OCCC(=O)Nc2cncc(Cl)n2)c1. The van der Waals surface area contributed by atoms with Gasteiger partial charge in [-0.3, -0.25) is 9.78 Å². The molecular formula is C14H14ClN3O2. The standard InChI is InChI=1S/C14H14ClN3O2/c1-10-3-2-4-11(7-10)20-6-5-14(19)18-13-9-16-8-12(15)17-13/h2-4,7-9H,5-6H2,1H3,(H,17,18,19). The number of carbonyl (C=O) groups is 1. The summed E-state index contributed by atoms with van der Waals surface area (Å²) in [6.45, 7) is 2.28. The van der Waals surface area contributed by atoms with Crippen LogP contribution in [0, 0.1) is 6.92 Å². The molecule has 104 valence electrons. The Morgan fingerprint density at radius 3 is 3.00 bits per heavy atom. The fourth-order valence-corrected chi connectivity index (χ4v) is 1.72. The Morgan fingerprint density at radius 1 is 1.40 bits per heavy atom. The molecule has 2 rings (SSSR count). The number of hydrogen-bond acceptors (Lipinski definition) is 4. The minimum absolute atomic E-state index is 0.200. The van der Waals surface area contributed by atoms with E-state index in [1.165, 1.54) is 12.4 Å². The summed E-state index contributed by atoms with van der Waals surface area (Å²) in [4.78, 5) is 19.4. The van der Waals surface area contributed by atoms with E-state index < -0.39 is 0 Å². The number of carbonyl (C=O) groups excluding carboxylic acids is 1. The van der Waals surface area contributed by atoms with Crippen LogP contribution in [0.5, 0.6) is 5.75 Å². The van der Waals surface area contributed by atoms with Crippen LogP contribution in [0.25, 0.3) is 0 Å². The lowest BCUT2D eigenvalue weighted by Gasteiger charge is -2.07. The molecule has 0 aliphatic rings. The first kappa shape index (κ1) is 14.3. The maximum atomic E-state index is 11.7. The van der Waals surface area contributed by atoms with Gasteiger partial charge in [0.05, 0.1) is 25.4 Å². The van der Waals surface area contributed by atoms with Gasteiger partial charge in [0, 0.05) is 0 Å². The van der Waals surface area contributed by atoms with Crippen molar-refractivity contribution in [3.63, 3.8) is 0 Å². The van der Waals surface area contributed by atoms with Gasteiger partial charge in [-0.2, -0.15) is 0 Å². The highest BCUT2D eigenvalue weighted by atomic mass is 35.5. The number of amides is 1. The average Bonchev–Trinajstić information content (AvgIpc) is 2.38. The van der Waals surface area contributed by atoms with E-state index in [2.05, 4.69) is 15.3 Å². The number of ether oxygens (including phenoxy) is 1. The molecule has 0 aliphatic carbocycles. The largest absolute Gasteiger partial charge is 0.493 e. The van der Waals surface area contributed by atoms with Crippen LogP contribution in [0.2, 0.25) is 5.15 Å². The zero-order chi connectivity index (χ0) is 14.4. The minimum atomic E-state index is -0.200. The fourth-order valence-electron chi connectivity index (χ4n) is 1.57. The molecule has 1 aromatic carbocycles. The van der Waals surface area contributed by atoms with E-state index in [0.717, 1.165) is 11.3 Å². The molecule has 0 aliphatic heterocycles. The van der Waals surface area contributed by atoms with Crippen molar-refractivity contribution in [3.05, 3.63) is 47.4 Å². The van der Waals surface area contributed by atoms with E-state index in [-0.39, 0.29) is 17.5 Å². The minimum Gasteiger partial charge on any atom is -0.493 e. The molecule has 1 aromatic heterocycles. The molecule has 20 heavy (non-hydrogen) atoms. The van der Waals surface area contributed by atoms with Crippen molar-refractivity contribution in [3.8, 4) is 5.75 Å². The second-order valence-electron chi connectivity index (χ2n) is 4.19. The van der Waals surface area contributed by atoms with E-state index in [0.29, 0.717) is 12.4 Å². The molecule has 2 aromatic rings. The van der Waals surface area contributed by atoms with E-state index in [9.17, 15) is 4.79 Å². The van der Waals surface area contributed by atoms with Crippen molar-refractivity contribution < 1.29 is 9.53 Å². The summed E-state index contributed by atoms with van der Waals surface area (Å²) in [5.74, 6) is 0.882. The lowest BCUT2D eigenvalue weighted by molar-refractivity contribution is -0.116. The lowest BCUT2D eigenvalue weighted by Crippen LogP contribution is -2.16. The van der Waals surface area contributed by atoms with Crippen LogP contribution >= 0.6 is 11.6 Å². The van der Waals surface area contributed by atoms with Crippen molar-refractivity contribution in [1.29, 1.82) is 0 Å². The summed E-state index contributed by atoms with van der Waals surface area (Å²) in [5, 5.41) is 2.84. The van der Waals surface area contributed by atoms with Gasteiger partial charge in [0.15, 0.2) is 5.82 Å². The molecule has 0 unspecified atom stereocenters. The van der Waals surface area contributed by atoms with Gasteiger partial charge in [-0.05, 0) is 24.6 Å². The zero-order valence-electron chi connectivity index (χ0n) is 11.0. The summed E-state index contributed by atoms with van der Waals surface area (Å²) in [7, 11) is 0. The van der Waals surface area contributed by atoms with Crippen LogP contribution in [0.3, 0.4) is 0 Å². The van der Waals surface area contributed by atoms with Crippen LogP contribution < -0.4 is 10.1 Å². The van der Waals surface area contributed by atoms with Crippen molar-refractivity contribution >= 4 is 23.3 Å². The Kier molecular flexibility index (Phi) is 4.90. The Hall–Kier alpha value is -2.14. The number of hydrogen-bond donors (Lipinski definition) is 1. The van der Waals surface area contributed by atoms with Crippen LogP contribution in [0.4, 0.5) is 5.82 Å². The fraction of sp³-hybridized carbons (Fsp3) is 0.214. The molecule has 1 heterocycles. The van der Waals surface area contributed by atoms with Crippen LogP contribution in [-0.4, -0.2) is 22.5 Å². The molecule has 0 fully saturated rings. The van der Waals surface area contributed by atoms with Crippen molar-refractivity contribution in [2.24, 2.45) is 0 Å². The second kappa shape index (κ2) is 6.86. The van der Waals surface area contributed by atoms with Gasteiger partial charge in [0.25, 0.3) is 0 Å². The highest BCUT2D eigenvalue weighted by molar-refractivity contribution is 6.29. The smallest absolute Gasteiger partial charge is 0.228 e. The number of anilines is 1. The van der Waals surface area contributed by atoms with Gasteiger partial charge in [0.2, 0.25) is 5.91 Å². The predicted octanol–water partition coefficient (Wildman–Crippen LogP) is 2.85. The van der Waals surface area contributed by atoms with Gasteiger partial charge in [-0.15, -0.1) is 0 Å². The molecule has 0 bridgehead atoms. The molecule has 0 radical (unpaired) electrons. The molecule has 1 N–H and O–H groups in total. The van der Waals surface area contributed by atoms with Gasteiger partial charge >= 0.3 is 0 Å². The number of aryl methyl sites for hydroxylation is 1. The summed E-state index contributed by atoms with van der Waals surface area (Å²) in [6.07, 6.45) is 3.06. The van der Waals surface area contributed by atoms with Crippen molar-refractivity contribution in [1.82, 2.24) is 9.97 Å². The third-order valence-corrected chi connectivity index (χ3v) is 2.64. The monoisotopic (exact) mass is 291 g/mol. The summed E-state index contributed by atoms with van der Waals surface area (Å²) in [6, 6.07) is 7.66. The number of rotatable bonds is 5. The van der Waals surface area contributed by atoms with E-state index in [1.54, 1.807) is 0 Å². The maximum Gasteiger partial charge on any atom is 0.228 e. The quantitative estimate of drug-likeness (QED) is 0.920. The molecule has 5 nitrogen and oxygen atoms in total. The highest BCUT2D eigenvalue weighted by Gasteiger charge is 2.05. The van der Waals surface area contributed by atoms with Crippen LogP contribution in [0.1, 0.15) is 12.0 Å². The van der Waals surface area contributed by atoms with E-state index >= 15 is 0 Å². The number of nitrogens with zero attached hydrogens (tertiary/aromatic N) is 2. The Morgan fingerprint density at radius 2 is 2.25 bits per heavy atom. The third-order valence-electron chi connectivity index (χ3n) is 2.46. The highest BCUT2D eigenvalue weighted by Crippen LogP contribution is 2.12. The number of aromatic nitrogens is 2. The Balaban J connectivity index is 1.78. The number of benzene rings is 1. The number of nitrogens with one attached hydrogen (secondary N) is 1. The predicted molar refractivity (Wildman–Crippen MR) is 77.0 cm³/mol. The molecule has 1 amide bonds. The third kappa shape index (κ3) is 4.51. The topological polar surface area (TPSA) is 64.1 Å². The number of halogens is 1. The van der Waals surface area contributed by atoms with Crippen LogP contribution in [-0.2, 0) is 4.79 Å². The Labute approximate surface area is 122 Å². The van der Waals surface area contributed by atoms with Crippen molar-refractivity contribution in [2.75, 3.05) is 11.9 Å². The van der Waals surface area contributed by atoms with E-state index in [4.69, 9.17) is 16.3 Å². The van der Waals surface area contributed by atoms with Crippen LogP contribution in [0.15, 0.2) is 36.7 Å². The maximum absolute atomic E-state index is 11.7. The lowest BCUT2D eigenvalue weighted by atomic mass is 10.2. The summed E-state index contributed by atoms with van der Waals surface area (Å²) in [5.41, 5.74) is 1.11. The normalized spacial score (nSPS) is 10.1. The first-order valence-corrected chi connectivity index (χ1v) is 6.48. The molecule has 0 saturated carbocycles. The summed E-state index contributed by atoms with van der Waals surface area (Å²) < 4.78 is 5.50. The average molecular weight is 292 g/mol. The van der Waals surface area contributed by atoms with Gasteiger partial charge in [-0.25, -0.2) is 4.98 Å². The summed E-state index contributed by atoms with van der Waals surface area (Å²) >= 11 is 5.68. The first-order chi connectivity index (χ1) is 9.63. The Bertz CT molecular complexity index is 604. The van der Waals surface area contributed by atoms with Gasteiger partial charge in [0.1, 0.15) is 10.9 Å². The van der Waals surface area contributed by atoms with Crippen molar-refractivity contribution in [2.45, 2.75) is 13.3 Å². The zero-order valence-corrected chi connectivity index (χ0v) is 11.7. The van der Waals surface area contributed by atoms with E-state index in [1.807, 2.05) is 31.2 Å². The second-order valence-corrected chi connectivity index (χ2v) is 4.58. The first-order valence-electron chi connectivity index (χ1n) is 6.10. The molecule has 0 atom stereocenters. The van der Waals surface area contributed by atoms with Gasteiger partial charge in [-0.1, -0.05) is 23.7 Å². The molecule has 0 spiro atoms.